The second kappa shape index (κ2) is 4.93. The Labute approximate surface area is 109 Å². The predicted octanol–water partition coefficient (Wildman–Crippen LogP) is 1.98. The molecule has 2 rings (SSSR count). The maximum atomic E-state index is 11.9. The predicted molar refractivity (Wildman–Crippen MR) is 69.4 cm³/mol. The molecule has 0 radical (unpaired) electrons. The fourth-order valence-corrected chi connectivity index (χ4v) is 1.86. The van der Waals surface area contributed by atoms with Crippen LogP contribution in [0, 0.1) is 13.8 Å². The van der Waals surface area contributed by atoms with Crippen LogP contribution < -0.4 is 5.32 Å². The molecule has 0 atom stereocenters. The number of aromatic nitrogens is 2. The standard InChI is InChI=1S/C13H13N3O3/c1-7-3-8(2)11(9(4-7)13(18)19)16-12(17)10-5-14-6-15-10/h3-6H,1-2H3,(H,14,15)(H,16,17)(H,18,19). The maximum Gasteiger partial charge on any atom is 0.337 e. The number of hydrogen-bond acceptors (Lipinski definition) is 3. The number of aromatic amines is 1. The number of carboxylic acids is 1. The first-order valence-corrected chi connectivity index (χ1v) is 5.63. The van der Waals surface area contributed by atoms with Gasteiger partial charge in [-0.3, -0.25) is 4.79 Å². The minimum Gasteiger partial charge on any atom is -0.478 e. The van der Waals surface area contributed by atoms with Gasteiger partial charge in [0.15, 0.2) is 0 Å². The van der Waals surface area contributed by atoms with Crippen molar-refractivity contribution in [2.45, 2.75) is 13.8 Å². The van der Waals surface area contributed by atoms with Gasteiger partial charge in [0.2, 0.25) is 0 Å². The van der Waals surface area contributed by atoms with Crippen molar-refractivity contribution in [2.24, 2.45) is 0 Å². The summed E-state index contributed by atoms with van der Waals surface area (Å²) in [5.41, 5.74) is 2.18. The number of rotatable bonds is 3. The first-order valence-electron chi connectivity index (χ1n) is 5.63. The molecule has 0 spiro atoms. The van der Waals surface area contributed by atoms with Gasteiger partial charge in [0, 0.05) is 0 Å². The minimum absolute atomic E-state index is 0.0744. The molecule has 19 heavy (non-hydrogen) atoms. The van der Waals surface area contributed by atoms with E-state index in [9.17, 15) is 14.7 Å². The van der Waals surface area contributed by atoms with E-state index in [-0.39, 0.29) is 11.3 Å². The average molecular weight is 259 g/mol. The van der Waals surface area contributed by atoms with E-state index in [1.165, 1.54) is 18.6 Å². The zero-order chi connectivity index (χ0) is 14.0. The Morgan fingerprint density at radius 3 is 2.63 bits per heavy atom. The number of nitrogens with zero attached hydrogens (tertiary/aromatic N) is 1. The third kappa shape index (κ3) is 2.62. The zero-order valence-corrected chi connectivity index (χ0v) is 10.5. The first kappa shape index (κ1) is 12.8. The summed E-state index contributed by atoms with van der Waals surface area (Å²) >= 11 is 0. The number of hydrogen-bond donors (Lipinski definition) is 3. The van der Waals surface area contributed by atoms with E-state index in [2.05, 4.69) is 15.3 Å². The molecule has 1 heterocycles. The summed E-state index contributed by atoms with van der Waals surface area (Å²) in [6.45, 7) is 3.56. The molecule has 0 saturated carbocycles. The van der Waals surface area contributed by atoms with Gasteiger partial charge >= 0.3 is 5.97 Å². The van der Waals surface area contributed by atoms with E-state index in [4.69, 9.17) is 0 Å². The van der Waals surface area contributed by atoms with E-state index < -0.39 is 11.9 Å². The quantitative estimate of drug-likeness (QED) is 0.785. The fourth-order valence-electron chi connectivity index (χ4n) is 1.86. The van der Waals surface area contributed by atoms with Gasteiger partial charge in [-0.15, -0.1) is 0 Å². The van der Waals surface area contributed by atoms with Gasteiger partial charge in [0.05, 0.1) is 23.8 Å². The monoisotopic (exact) mass is 259 g/mol. The molecule has 6 heteroatoms. The van der Waals surface area contributed by atoms with Crippen LogP contribution in [0.15, 0.2) is 24.7 Å². The molecule has 6 nitrogen and oxygen atoms in total. The second-order valence-corrected chi connectivity index (χ2v) is 4.23. The van der Waals surface area contributed by atoms with E-state index in [0.717, 1.165) is 5.56 Å². The topological polar surface area (TPSA) is 95.1 Å². The van der Waals surface area contributed by atoms with Crippen LogP contribution in [0.2, 0.25) is 0 Å². The van der Waals surface area contributed by atoms with Gasteiger partial charge in [-0.25, -0.2) is 9.78 Å². The molecule has 0 aliphatic heterocycles. The first-order chi connectivity index (χ1) is 8.99. The van der Waals surface area contributed by atoms with Gasteiger partial charge in [0.25, 0.3) is 5.91 Å². The summed E-state index contributed by atoms with van der Waals surface area (Å²) in [5.74, 6) is -1.50. The second-order valence-electron chi connectivity index (χ2n) is 4.23. The number of carbonyl (C=O) groups is 2. The van der Waals surface area contributed by atoms with Crippen molar-refractivity contribution >= 4 is 17.6 Å². The van der Waals surface area contributed by atoms with Crippen LogP contribution in [0.1, 0.15) is 32.0 Å². The van der Waals surface area contributed by atoms with Crippen LogP contribution in [0.4, 0.5) is 5.69 Å². The van der Waals surface area contributed by atoms with Crippen molar-refractivity contribution in [2.75, 3.05) is 5.32 Å². The Morgan fingerprint density at radius 2 is 2.05 bits per heavy atom. The van der Waals surface area contributed by atoms with Crippen LogP contribution in [-0.2, 0) is 0 Å². The zero-order valence-electron chi connectivity index (χ0n) is 10.5. The summed E-state index contributed by atoms with van der Waals surface area (Å²) in [6.07, 6.45) is 2.76. The highest BCUT2D eigenvalue weighted by Crippen LogP contribution is 2.23. The molecule has 0 aliphatic rings. The lowest BCUT2D eigenvalue weighted by Crippen LogP contribution is -2.16. The van der Waals surface area contributed by atoms with Crippen molar-refractivity contribution in [3.8, 4) is 0 Å². The molecule has 3 N–H and O–H groups in total. The SMILES string of the molecule is Cc1cc(C)c(NC(=O)c2cnc[nH]2)c(C(=O)O)c1. The molecular formula is C13H13N3O3. The van der Waals surface area contributed by atoms with E-state index in [1.807, 2.05) is 6.07 Å². The van der Waals surface area contributed by atoms with Crippen LogP contribution >= 0.6 is 0 Å². The van der Waals surface area contributed by atoms with Crippen LogP contribution in [-0.4, -0.2) is 27.0 Å². The number of benzene rings is 1. The number of imidazole rings is 1. The van der Waals surface area contributed by atoms with Crippen LogP contribution in [0.5, 0.6) is 0 Å². The number of carboxylic acid groups (broad SMARTS) is 1. The fraction of sp³-hybridized carbons (Fsp3) is 0.154. The summed E-state index contributed by atoms with van der Waals surface area (Å²) in [4.78, 5) is 29.5. The largest absolute Gasteiger partial charge is 0.478 e. The molecule has 1 aromatic carbocycles. The van der Waals surface area contributed by atoms with Gasteiger partial charge < -0.3 is 15.4 Å². The number of nitrogens with one attached hydrogen (secondary N) is 2. The minimum atomic E-state index is -1.08. The van der Waals surface area contributed by atoms with E-state index in [0.29, 0.717) is 11.3 Å². The lowest BCUT2D eigenvalue weighted by molar-refractivity contribution is 0.0698. The lowest BCUT2D eigenvalue weighted by Gasteiger charge is -2.12. The average Bonchev–Trinajstić information content (AvgIpc) is 2.85. The van der Waals surface area contributed by atoms with Gasteiger partial charge in [-0.2, -0.15) is 0 Å². The number of anilines is 1. The molecule has 0 aliphatic carbocycles. The lowest BCUT2D eigenvalue weighted by atomic mass is 10.0. The molecule has 1 aromatic heterocycles. The normalized spacial score (nSPS) is 10.2. The molecular weight excluding hydrogens is 246 g/mol. The molecule has 1 amide bonds. The Balaban J connectivity index is 2.39. The van der Waals surface area contributed by atoms with Gasteiger partial charge in [0.1, 0.15) is 5.69 Å². The molecule has 2 aromatic rings. The van der Waals surface area contributed by atoms with Crippen LogP contribution in [0.25, 0.3) is 0 Å². The number of amides is 1. The molecule has 98 valence electrons. The Morgan fingerprint density at radius 1 is 1.32 bits per heavy atom. The number of aromatic carboxylic acids is 1. The third-order valence-corrected chi connectivity index (χ3v) is 2.69. The summed E-state index contributed by atoms with van der Waals surface area (Å²) in [5, 5.41) is 11.8. The maximum absolute atomic E-state index is 11.9. The summed E-state index contributed by atoms with van der Waals surface area (Å²) in [6, 6.07) is 3.34. The van der Waals surface area contributed by atoms with E-state index >= 15 is 0 Å². The molecule has 0 saturated heterocycles. The van der Waals surface area contributed by atoms with Gasteiger partial charge in [-0.1, -0.05) is 6.07 Å². The van der Waals surface area contributed by atoms with Crippen LogP contribution in [0.3, 0.4) is 0 Å². The van der Waals surface area contributed by atoms with Crippen molar-refractivity contribution in [3.63, 3.8) is 0 Å². The smallest absolute Gasteiger partial charge is 0.337 e. The van der Waals surface area contributed by atoms with Gasteiger partial charge in [-0.05, 0) is 31.0 Å². The van der Waals surface area contributed by atoms with Crippen molar-refractivity contribution in [3.05, 3.63) is 47.0 Å². The summed E-state index contributed by atoms with van der Waals surface area (Å²) < 4.78 is 0. The highest BCUT2D eigenvalue weighted by Gasteiger charge is 2.16. The molecule has 0 unspecified atom stereocenters. The molecule has 0 bridgehead atoms. The molecule has 0 fully saturated rings. The Kier molecular flexibility index (Phi) is 3.33. The van der Waals surface area contributed by atoms with Crippen molar-refractivity contribution < 1.29 is 14.7 Å². The Bertz CT molecular complexity index is 633. The highest BCUT2D eigenvalue weighted by atomic mass is 16.4. The number of carbonyl (C=O) groups excluding carboxylic acids is 1. The number of aryl methyl sites for hydroxylation is 2. The Hall–Kier alpha value is -2.63. The summed E-state index contributed by atoms with van der Waals surface area (Å²) in [7, 11) is 0. The highest BCUT2D eigenvalue weighted by molar-refractivity contribution is 6.07. The van der Waals surface area contributed by atoms with Crippen molar-refractivity contribution in [1.82, 2.24) is 9.97 Å². The third-order valence-electron chi connectivity index (χ3n) is 2.69. The van der Waals surface area contributed by atoms with E-state index in [1.54, 1.807) is 13.8 Å². The van der Waals surface area contributed by atoms with Crippen molar-refractivity contribution in [1.29, 1.82) is 0 Å². The number of H-pyrrole nitrogens is 1.